The topological polar surface area (TPSA) is 67.2 Å². The fraction of sp³-hybridized carbons (Fsp3) is 0.455. The first-order chi connectivity index (χ1) is 7.59. The zero-order chi connectivity index (χ0) is 12.0. The number of nitrogens with one attached hydrogen (secondary N) is 1. The Bertz CT molecular complexity index is 369. The third-order valence-corrected chi connectivity index (χ3v) is 2.13. The van der Waals surface area contributed by atoms with Crippen molar-refractivity contribution in [1.29, 1.82) is 0 Å². The zero-order valence-corrected chi connectivity index (χ0v) is 9.55. The number of aliphatic hydroxyl groups is 1. The highest BCUT2D eigenvalue weighted by atomic mass is 16.3. The first kappa shape index (κ1) is 12.4. The second-order valence-electron chi connectivity index (χ2n) is 3.64. The molecule has 0 spiro atoms. The third-order valence-electron chi connectivity index (χ3n) is 2.13. The number of carbonyl (C=O) groups is 1. The van der Waals surface area contributed by atoms with Crippen molar-refractivity contribution in [3.8, 4) is 0 Å². The molecule has 0 aliphatic rings. The van der Waals surface area contributed by atoms with E-state index in [1.54, 1.807) is 23.9 Å². The number of aliphatic hydroxyl groups excluding tert-OH is 1. The summed E-state index contributed by atoms with van der Waals surface area (Å²) < 4.78 is 1.68. The Morgan fingerprint density at radius 3 is 3.06 bits per heavy atom. The van der Waals surface area contributed by atoms with Gasteiger partial charge in [0.2, 0.25) is 5.91 Å². The second-order valence-corrected chi connectivity index (χ2v) is 3.64. The molecule has 1 heterocycles. The van der Waals surface area contributed by atoms with Gasteiger partial charge in [-0.1, -0.05) is 0 Å². The number of aryl methyl sites for hydroxylation is 1. The van der Waals surface area contributed by atoms with Crippen LogP contribution in [0.1, 0.15) is 19.0 Å². The molecule has 1 unspecified atom stereocenters. The van der Waals surface area contributed by atoms with Crippen LogP contribution in [0, 0.1) is 0 Å². The molecular formula is C11H17N3O2. The van der Waals surface area contributed by atoms with Crippen LogP contribution in [0.25, 0.3) is 6.08 Å². The van der Waals surface area contributed by atoms with Crippen molar-refractivity contribution in [3.63, 3.8) is 0 Å². The molecule has 5 nitrogen and oxygen atoms in total. The highest BCUT2D eigenvalue weighted by Gasteiger charge is 1.98. The molecule has 1 aromatic heterocycles. The number of aromatic nitrogens is 2. The first-order valence-electron chi connectivity index (χ1n) is 5.21. The van der Waals surface area contributed by atoms with Gasteiger partial charge in [0, 0.05) is 25.9 Å². The van der Waals surface area contributed by atoms with Crippen LogP contribution < -0.4 is 5.32 Å². The molecule has 0 aliphatic carbocycles. The molecule has 0 fully saturated rings. The predicted molar refractivity (Wildman–Crippen MR) is 61.5 cm³/mol. The van der Waals surface area contributed by atoms with Crippen molar-refractivity contribution in [1.82, 2.24) is 15.1 Å². The molecule has 88 valence electrons. The number of carbonyl (C=O) groups excluding carboxylic acids is 1. The predicted octanol–water partition coefficient (Wildman–Crippen LogP) is 0.320. The van der Waals surface area contributed by atoms with E-state index in [2.05, 4.69) is 10.4 Å². The average Bonchev–Trinajstić information content (AvgIpc) is 2.60. The standard InChI is InChI=1S/C11H17N3O2/c1-9(15)5-7-12-11(16)4-3-10-6-8-13-14(10)2/h3-4,6,8-9,15H,5,7H2,1-2H3,(H,12,16). The average molecular weight is 223 g/mol. The highest BCUT2D eigenvalue weighted by Crippen LogP contribution is 1.98. The largest absolute Gasteiger partial charge is 0.393 e. The molecule has 0 saturated heterocycles. The lowest BCUT2D eigenvalue weighted by Gasteiger charge is -2.03. The van der Waals surface area contributed by atoms with E-state index in [1.165, 1.54) is 6.08 Å². The summed E-state index contributed by atoms with van der Waals surface area (Å²) >= 11 is 0. The van der Waals surface area contributed by atoms with Gasteiger partial charge in [0.05, 0.1) is 11.8 Å². The van der Waals surface area contributed by atoms with Crippen molar-refractivity contribution in [3.05, 3.63) is 24.0 Å². The summed E-state index contributed by atoms with van der Waals surface area (Å²) in [7, 11) is 1.81. The zero-order valence-electron chi connectivity index (χ0n) is 9.55. The van der Waals surface area contributed by atoms with E-state index in [1.807, 2.05) is 13.1 Å². The lowest BCUT2D eigenvalue weighted by Crippen LogP contribution is -2.24. The molecule has 1 atom stereocenters. The van der Waals surface area contributed by atoms with Crippen molar-refractivity contribution >= 4 is 12.0 Å². The third kappa shape index (κ3) is 4.27. The Morgan fingerprint density at radius 1 is 1.75 bits per heavy atom. The molecule has 0 radical (unpaired) electrons. The van der Waals surface area contributed by atoms with Crippen LogP contribution in [-0.2, 0) is 11.8 Å². The number of amides is 1. The molecular weight excluding hydrogens is 206 g/mol. The van der Waals surface area contributed by atoms with Crippen LogP contribution in [0.15, 0.2) is 18.3 Å². The van der Waals surface area contributed by atoms with Crippen LogP contribution in [0.3, 0.4) is 0 Å². The van der Waals surface area contributed by atoms with Crippen molar-refractivity contribution in [2.24, 2.45) is 7.05 Å². The Morgan fingerprint density at radius 2 is 2.50 bits per heavy atom. The van der Waals surface area contributed by atoms with Crippen molar-refractivity contribution < 1.29 is 9.90 Å². The molecule has 2 N–H and O–H groups in total. The molecule has 0 aromatic carbocycles. The summed E-state index contributed by atoms with van der Waals surface area (Å²) in [5.74, 6) is -0.165. The van der Waals surface area contributed by atoms with Gasteiger partial charge in [-0.05, 0) is 25.5 Å². The molecule has 0 aliphatic heterocycles. The quantitative estimate of drug-likeness (QED) is 0.706. The number of nitrogens with zero attached hydrogens (tertiary/aromatic N) is 2. The number of rotatable bonds is 5. The lowest BCUT2D eigenvalue weighted by atomic mass is 10.3. The van der Waals surface area contributed by atoms with Crippen molar-refractivity contribution in [2.75, 3.05) is 6.54 Å². The molecule has 1 aromatic rings. The maximum atomic E-state index is 11.3. The van der Waals surface area contributed by atoms with Gasteiger partial charge in [-0.15, -0.1) is 0 Å². The minimum atomic E-state index is -0.388. The van der Waals surface area contributed by atoms with Gasteiger partial charge in [0.25, 0.3) is 0 Å². The normalized spacial score (nSPS) is 12.9. The molecule has 0 saturated carbocycles. The smallest absolute Gasteiger partial charge is 0.244 e. The summed E-state index contributed by atoms with van der Waals surface area (Å²) in [6, 6.07) is 1.82. The minimum Gasteiger partial charge on any atom is -0.393 e. The van der Waals surface area contributed by atoms with Gasteiger partial charge in [-0.25, -0.2) is 0 Å². The summed E-state index contributed by atoms with van der Waals surface area (Å²) in [4.78, 5) is 11.3. The molecule has 1 rings (SSSR count). The van der Waals surface area contributed by atoms with Crippen LogP contribution in [0.2, 0.25) is 0 Å². The summed E-state index contributed by atoms with van der Waals surface area (Å²) in [6.45, 7) is 2.17. The maximum Gasteiger partial charge on any atom is 0.244 e. The van der Waals surface area contributed by atoms with E-state index in [-0.39, 0.29) is 12.0 Å². The fourth-order valence-electron chi connectivity index (χ4n) is 1.17. The van der Waals surface area contributed by atoms with E-state index in [4.69, 9.17) is 5.11 Å². The Hall–Kier alpha value is -1.62. The fourth-order valence-corrected chi connectivity index (χ4v) is 1.17. The number of hydrogen-bond acceptors (Lipinski definition) is 3. The van der Waals surface area contributed by atoms with Gasteiger partial charge in [-0.3, -0.25) is 9.48 Å². The van der Waals surface area contributed by atoms with Crippen LogP contribution in [0.5, 0.6) is 0 Å². The molecule has 1 amide bonds. The van der Waals surface area contributed by atoms with Crippen molar-refractivity contribution in [2.45, 2.75) is 19.4 Å². The van der Waals surface area contributed by atoms with Gasteiger partial charge in [-0.2, -0.15) is 5.10 Å². The van der Waals surface area contributed by atoms with Crippen LogP contribution in [0.4, 0.5) is 0 Å². The minimum absolute atomic E-state index is 0.165. The van der Waals surface area contributed by atoms with Crippen LogP contribution in [-0.4, -0.2) is 33.4 Å². The van der Waals surface area contributed by atoms with Gasteiger partial charge >= 0.3 is 0 Å². The van der Waals surface area contributed by atoms with Gasteiger partial charge in [0.1, 0.15) is 0 Å². The molecule has 16 heavy (non-hydrogen) atoms. The van der Waals surface area contributed by atoms with E-state index < -0.39 is 0 Å². The lowest BCUT2D eigenvalue weighted by molar-refractivity contribution is -0.116. The van der Waals surface area contributed by atoms with E-state index in [9.17, 15) is 4.79 Å². The maximum absolute atomic E-state index is 11.3. The summed E-state index contributed by atoms with van der Waals surface area (Å²) in [5.41, 5.74) is 0.866. The van der Waals surface area contributed by atoms with E-state index in [0.717, 1.165) is 5.69 Å². The molecule has 0 bridgehead atoms. The first-order valence-corrected chi connectivity index (χ1v) is 5.21. The monoisotopic (exact) mass is 223 g/mol. The second kappa shape index (κ2) is 6.07. The number of hydrogen-bond donors (Lipinski definition) is 2. The van der Waals surface area contributed by atoms with E-state index >= 15 is 0 Å². The SMILES string of the molecule is CC(O)CCNC(=O)C=Cc1ccnn1C. The highest BCUT2D eigenvalue weighted by molar-refractivity contribution is 5.91. The summed E-state index contributed by atoms with van der Waals surface area (Å²) in [5, 5.41) is 15.7. The Labute approximate surface area is 94.8 Å². The Balaban J connectivity index is 2.34. The van der Waals surface area contributed by atoms with Crippen LogP contribution >= 0.6 is 0 Å². The summed E-state index contributed by atoms with van der Waals surface area (Å²) in [6.07, 6.45) is 5.00. The molecule has 5 heteroatoms. The van der Waals surface area contributed by atoms with E-state index in [0.29, 0.717) is 13.0 Å². The van der Waals surface area contributed by atoms with Gasteiger partial charge in [0.15, 0.2) is 0 Å². The Kier molecular flexibility index (Phi) is 4.72. The van der Waals surface area contributed by atoms with Gasteiger partial charge < -0.3 is 10.4 Å².